The molecule has 0 atom stereocenters. The molecule has 0 aliphatic carbocycles. The van der Waals surface area contributed by atoms with Gasteiger partial charge < -0.3 is 9.15 Å². The predicted octanol–water partition coefficient (Wildman–Crippen LogP) is 3.79. The molecule has 0 amide bonds. The van der Waals surface area contributed by atoms with Crippen LogP contribution in [0.2, 0.25) is 5.02 Å². The third kappa shape index (κ3) is 2.19. The van der Waals surface area contributed by atoms with E-state index in [1.165, 1.54) is 6.26 Å². The molecule has 0 bridgehead atoms. The molecule has 0 radical (unpaired) electrons. The topological polar surface area (TPSA) is 39.4 Å². The van der Waals surface area contributed by atoms with E-state index in [4.69, 9.17) is 20.8 Å². The summed E-state index contributed by atoms with van der Waals surface area (Å²) in [6.07, 6.45) is 2.59. The van der Waals surface area contributed by atoms with E-state index >= 15 is 0 Å². The van der Waals surface area contributed by atoms with Crippen molar-refractivity contribution < 1.29 is 13.9 Å². The number of esters is 1. The third-order valence-electron chi connectivity index (χ3n) is 2.18. The lowest BCUT2D eigenvalue weighted by atomic mass is 10.2. The average molecular weight is 239 g/mol. The zero-order valence-electron chi connectivity index (χ0n) is 8.83. The zero-order chi connectivity index (χ0) is 11.5. The van der Waals surface area contributed by atoms with Crippen molar-refractivity contribution in [2.75, 3.05) is 0 Å². The number of hydrogen-bond donors (Lipinski definition) is 0. The maximum absolute atomic E-state index is 11.3. The summed E-state index contributed by atoms with van der Waals surface area (Å²) in [5.74, 6) is 0.199. The van der Waals surface area contributed by atoms with Gasteiger partial charge in [0, 0.05) is 17.5 Å². The first-order valence-corrected chi connectivity index (χ1v) is 5.46. The van der Waals surface area contributed by atoms with Gasteiger partial charge in [0.05, 0.1) is 5.39 Å². The summed E-state index contributed by atoms with van der Waals surface area (Å²) in [6, 6.07) is 5.19. The van der Waals surface area contributed by atoms with Crippen LogP contribution in [0.15, 0.2) is 28.9 Å². The maximum atomic E-state index is 11.3. The number of carbonyl (C=O) groups is 1. The number of fused-ring (bicyclic) bond motifs is 1. The molecule has 0 saturated carbocycles. The number of halogens is 1. The van der Waals surface area contributed by atoms with Crippen molar-refractivity contribution in [2.24, 2.45) is 0 Å². The minimum absolute atomic E-state index is 0.250. The van der Waals surface area contributed by atoms with Crippen LogP contribution in [0.4, 0.5) is 0 Å². The van der Waals surface area contributed by atoms with Gasteiger partial charge in [0.1, 0.15) is 11.8 Å². The second kappa shape index (κ2) is 4.58. The first-order chi connectivity index (χ1) is 7.70. The Labute approximate surface area is 97.9 Å². The molecule has 2 rings (SSSR count). The zero-order valence-corrected chi connectivity index (χ0v) is 9.58. The first kappa shape index (κ1) is 11.0. The van der Waals surface area contributed by atoms with Gasteiger partial charge in [-0.25, -0.2) is 0 Å². The van der Waals surface area contributed by atoms with E-state index < -0.39 is 0 Å². The molecule has 1 aromatic heterocycles. The van der Waals surface area contributed by atoms with Gasteiger partial charge in [0.2, 0.25) is 0 Å². The Morgan fingerprint density at radius 3 is 3.06 bits per heavy atom. The van der Waals surface area contributed by atoms with Crippen LogP contribution in [0, 0.1) is 0 Å². The fourth-order valence-electron chi connectivity index (χ4n) is 1.43. The van der Waals surface area contributed by atoms with Crippen LogP contribution in [0.25, 0.3) is 11.0 Å². The molecule has 1 aromatic carbocycles. The van der Waals surface area contributed by atoms with Crippen LogP contribution in [-0.4, -0.2) is 5.97 Å². The van der Waals surface area contributed by atoms with Crippen molar-refractivity contribution in [1.29, 1.82) is 0 Å². The minimum Gasteiger partial charge on any atom is -0.460 e. The van der Waals surface area contributed by atoms with Gasteiger partial charge in [-0.3, -0.25) is 4.79 Å². The maximum Gasteiger partial charge on any atom is 0.311 e. The van der Waals surface area contributed by atoms with E-state index in [0.717, 1.165) is 11.8 Å². The largest absolute Gasteiger partial charge is 0.460 e. The number of carbonyl (C=O) groups excluding carboxylic acids is 1. The lowest BCUT2D eigenvalue weighted by molar-refractivity contribution is -0.134. The molecule has 0 aliphatic rings. The van der Waals surface area contributed by atoms with Gasteiger partial charge in [-0.2, -0.15) is 0 Å². The fourth-order valence-corrected chi connectivity index (χ4v) is 1.60. The van der Waals surface area contributed by atoms with E-state index in [2.05, 4.69) is 0 Å². The summed E-state index contributed by atoms with van der Waals surface area (Å²) < 4.78 is 10.4. The molecule has 0 N–H and O–H groups in total. The quantitative estimate of drug-likeness (QED) is 0.764. The van der Waals surface area contributed by atoms with E-state index in [-0.39, 0.29) is 5.97 Å². The normalized spacial score (nSPS) is 10.6. The molecule has 0 fully saturated rings. The molecule has 0 saturated heterocycles. The van der Waals surface area contributed by atoms with Gasteiger partial charge in [-0.05, 0) is 18.6 Å². The SMILES string of the molecule is CCCC(=O)Oc1coc2cc(Cl)ccc12. The van der Waals surface area contributed by atoms with Gasteiger partial charge in [-0.1, -0.05) is 18.5 Å². The Balaban J connectivity index is 2.28. The van der Waals surface area contributed by atoms with Crippen LogP contribution in [0.1, 0.15) is 19.8 Å². The summed E-state index contributed by atoms with van der Waals surface area (Å²) in [5, 5.41) is 1.35. The van der Waals surface area contributed by atoms with Gasteiger partial charge in [-0.15, -0.1) is 0 Å². The highest BCUT2D eigenvalue weighted by Crippen LogP contribution is 2.30. The molecular formula is C12H11ClO3. The molecule has 2 aromatic rings. The molecule has 84 valence electrons. The Morgan fingerprint density at radius 2 is 2.31 bits per heavy atom. The number of hydrogen-bond acceptors (Lipinski definition) is 3. The summed E-state index contributed by atoms with van der Waals surface area (Å²) in [4.78, 5) is 11.3. The van der Waals surface area contributed by atoms with Crippen molar-refractivity contribution in [2.45, 2.75) is 19.8 Å². The smallest absolute Gasteiger partial charge is 0.311 e. The minimum atomic E-state index is -0.250. The molecule has 0 aliphatic heterocycles. The number of rotatable bonds is 3. The molecule has 1 heterocycles. The van der Waals surface area contributed by atoms with Gasteiger partial charge in [0.25, 0.3) is 0 Å². The number of furan rings is 1. The van der Waals surface area contributed by atoms with E-state index in [9.17, 15) is 4.79 Å². The Kier molecular flexibility index (Phi) is 3.15. The summed E-state index contributed by atoms with van der Waals surface area (Å²) >= 11 is 5.82. The second-order valence-corrected chi connectivity index (χ2v) is 3.90. The monoisotopic (exact) mass is 238 g/mol. The van der Waals surface area contributed by atoms with Crippen molar-refractivity contribution in [3.05, 3.63) is 29.5 Å². The second-order valence-electron chi connectivity index (χ2n) is 3.46. The van der Waals surface area contributed by atoms with Crippen LogP contribution in [-0.2, 0) is 4.79 Å². The van der Waals surface area contributed by atoms with Crippen molar-refractivity contribution in [3.63, 3.8) is 0 Å². The molecule has 4 heteroatoms. The fraction of sp³-hybridized carbons (Fsp3) is 0.250. The number of ether oxygens (including phenoxy) is 1. The molecule has 3 nitrogen and oxygen atoms in total. The Bertz CT molecular complexity index is 516. The highest BCUT2D eigenvalue weighted by atomic mass is 35.5. The Morgan fingerprint density at radius 1 is 1.50 bits per heavy atom. The van der Waals surface area contributed by atoms with E-state index in [1.807, 2.05) is 6.92 Å². The van der Waals surface area contributed by atoms with Gasteiger partial charge in [0.15, 0.2) is 5.75 Å². The molecular weight excluding hydrogens is 228 g/mol. The van der Waals surface area contributed by atoms with Crippen molar-refractivity contribution >= 4 is 28.5 Å². The highest BCUT2D eigenvalue weighted by molar-refractivity contribution is 6.31. The third-order valence-corrected chi connectivity index (χ3v) is 2.42. The summed E-state index contributed by atoms with van der Waals surface area (Å²) in [6.45, 7) is 1.93. The lowest BCUT2D eigenvalue weighted by Gasteiger charge is -1.99. The van der Waals surface area contributed by atoms with Crippen molar-refractivity contribution in [3.8, 4) is 5.75 Å². The number of benzene rings is 1. The standard InChI is InChI=1S/C12H11ClO3/c1-2-3-12(14)16-11-7-15-10-6-8(13)4-5-9(10)11/h4-7H,2-3H2,1H3. The highest BCUT2D eigenvalue weighted by Gasteiger charge is 2.10. The van der Waals surface area contributed by atoms with Crippen LogP contribution >= 0.6 is 11.6 Å². The summed E-state index contributed by atoms with van der Waals surface area (Å²) in [7, 11) is 0. The molecule has 0 unspecified atom stereocenters. The lowest BCUT2D eigenvalue weighted by Crippen LogP contribution is -2.06. The van der Waals surface area contributed by atoms with E-state index in [1.54, 1.807) is 18.2 Å². The van der Waals surface area contributed by atoms with E-state index in [0.29, 0.717) is 22.8 Å². The molecule has 0 spiro atoms. The van der Waals surface area contributed by atoms with Crippen LogP contribution in [0.5, 0.6) is 5.75 Å². The summed E-state index contributed by atoms with van der Waals surface area (Å²) in [5.41, 5.74) is 0.617. The van der Waals surface area contributed by atoms with Crippen LogP contribution < -0.4 is 4.74 Å². The van der Waals surface area contributed by atoms with Crippen molar-refractivity contribution in [1.82, 2.24) is 0 Å². The van der Waals surface area contributed by atoms with Crippen LogP contribution in [0.3, 0.4) is 0 Å². The predicted molar refractivity (Wildman–Crippen MR) is 61.8 cm³/mol. The van der Waals surface area contributed by atoms with Gasteiger partial charge >= 0.3 is 5.97 Å². The molecule has 16 heavy (non-hydrogen) atoms. The average Bonchev–Trinajstić information content (AvgIpc) is 2.61. The Hall–Kier alpha value is -1.48. The first-order valence-electron chi connectivity index (χ1n) is 5.08.